The number of aromatic nitrogens is 1. The largest absolute Gasteiger partial charge is 0.492 e. The zero-order chi connectivity index (χ0) is 52.4. The molecule has 0 aliphatic heterocycles. The molecule has 0 spiro atoms. The first kappa shape index (κ1) is 58.6. The first-order chi connectivity index (χ1) is 36.2. The van der Waals surface area contributed by atoms with Gasteiger partial charge < -0.3 is 18.9 Å². The third kappa shape index (κ3) is 22.9. The number of hydrogen-bond donors (Lipinski definition) is 0. The molecule has 0 saturated carbocycles. The number of halogens is 1. The molecule has 0 amide bonds. The van der Waals surface area contributed by atoms with E-state index in [1.165, 1.54) is 122 Å². The predicted octanol–water partition coefficient (Wildman–Crippen LogP) is 18.1. The van der Waals surface area contributed by atoms with E-state index < -0.39 is 16.9 Å². The van der Waals surface area contributed by atoms with Gasteiger partial charge in [0.25, 0.3) is 0 Å². The average molecular weight is 1030 g/mol. The minimum Gasteiger partial charge on any atom is -0.492 e. The number of rotatable bonds is 37. The maximum Gasteiger partial charge on any atom is 0.338 e. The summed E-state index contributed by atoms with van der Waals surface area (Å²) >= 11 is 6.56. The van der Waals surface area contributed by atoms with Crippen molar-refractivity contribution < 1.29 is 33.5 Å². The number of nitrogens with zero attached hydrogens (tertiary/aromatic N) is 2. The van der Waals surface area contributed by atoms with Gasteiger partial charge in [0.05, 0.1) is 45.7 Å². The van der Waals surface area contributed by atoms with Crippen LogP contribution in [0.1, 0.15) is 209 Å². The van der Waals surface area contributed by atoms with Gasteiger partial charge in [-0.1, -0.05) is 221 Å². The van der Waals surface area contributed by atoms with E-state index in [4.69, 9.17) is 30.5 Å². The highest BCUT2D eigenvalue weighted by Crippen LogP contribution is 2.30. The molecule has 1 aromatic heterocycles. The number of nitro benzene ring substituents is 1. The highest BCUT2D eigenvalue weighted by Gasteiger charge is 2.16. The zero-order valence-corrected chi connectivity index (χ0v) is 44.8. The number of carbonyl (C=O) groups is 2. The Morgan fingerprint density at radius 2 is 0.851 bits per heavy atom. The normalized spacial score (nSPS) is 11.3. The Bertz CT molecular complexity index is 2490. The second-order valence-electron chi connectivity index (χ2n) is 19.1. The molecule has 1 heterocycles. The summed E-state index contributed by atoms with van der Waals surface area (Å²) in [5, 5.41) is 12.4. The molecule has 0 bridgehead atoms. The van der Waals surface area contributed by atoms with Gasteiger partial charge in [-0.15, -0.1) is 0 Å². The molecule has 11 heteroatoms. The average Bonchev–Trinajstić information content (AvgIpc) is 3.42. The Morgan fingerprint density at radius 3 is 1.27 bits per heavy atom. The third-order valence-corrected chi connectivity index (χ3v) is 13.2. The van der Waals surface area contributed by atoms with E-state index in [9.17, 15) is 19.7 Å². The Labute approximate surface area is 446 Å². The number of unbranched alkanes of at least 4 members (excludes halogenated alkanes) is 20. The van der Waals surface area contributed by atoms with Crippen LogP contribution in [0.4, 0.5) is 5.69 Å². The van der Waals surface area contributed by atoms with Gasteiger partial charge in [0.2, 0.25) is 0 Å². The van der Waals surface area contributed by atoms with Crippen LogP contribution in [0.2, 0.25) is 5.02 Å². The molecule has 5 rings (SSSR count). The summed E-state index contributed by atoms with van der Waals surface area (Å²) < 4.78 is 22.9. The van der Waals surface area contributed by atoms with E-state index in [1.54, 1.807) is 72.8 Å². The second-order valence-corrected chi connectivity index (χ2v) is 19.5. The molecule has 4 aromatic carbocycles. The van der Waals surface area contributed by atoms with Crippen molar-refractivity contribution in [2.45, 2.75) is 168 Å². The van der Waals surface area contributed by atoms with Crippen molar-refractivity contribution in [3.8, 4) is 11.5 Å². The van der Waals surface area contributed by atoms with Crippen LogP contribution in [-0.2, 0) is 22.7 Å². The first-order valence-corrected chi connectivity index (χ1v) is 27.8. The van der Waals surface area contributed by atoms with Gasteiger partial charge >= 0.3 is 17.6 Å². The molecule has 396 valence electrons. The summed E-state index contributed by atoms with van der Waals surface area (Å²) in [7, 11) is 0. The van der Waals surface area contributed by atoms with Gasteiger partial charge in [0, 0.05) is 6.07 Å². The standard InChI is InChI=1S/C63H79ClN2O8/c1-3-5-7-9-11-13-15-16-18-19-21-23-44-71-60-42-36-52(46-58(60)64)30-28-50-32-38-54(39-33-50)62(67)73-48-56-26-25-27-57(65-56)49-74-63(68)55-40-34-51(35-41-55)29-31-53-37-43-61(59(47-53)66(69)70)72-45-24-22-20-17-14-12-10-8-6-4-2/h25-43,46-47H,3-24,44-45,48-49H2,1-2H3/b30-28+,31-29+. The fourth-order valence-electron chi connectivity index (χ4n) is 8.52. The smallest absolute Gasteiger partial charge is 0.338 e. The van der Waals surface area contributed by atoms with Crippen molar-refractivity contribution in [3.05, 3.63) is 163 Å². The van der Waals surface area contributed by atoms with E-state index in [0.717, 1.165) is 42.4 Å². The number of benzene rings is 4. The van der Waals surface area contributed by atoms with Crippen LogP contribution in [0.3, 0.4) is 0 Å². The van der Waals surface area contributed by atoms with Crippen LogP contribution in [0, 0.1) is 10.1 Å². The lowest BCUT2D eigenvalue weighted by molar-refractivity contribution is -0.385. The molecular formula is C63H79ClN2O8. The summed E-state index contributed by atoms with van der Waals surface area (Å²) in [5.74, 6) is -0.0360. The van der Waals surface area contributed by atoms with Crippen molar-refractivity contribution >= 4 is 53.5 Å². The van der Waals surface area contributed by atoms with E-state index in [1.807, 2.05) is 48.6 Å². The quantitative estimate of drug-likeness (QED) is 0.0126. The highest BCUT2D eigenvalue weighted by molar-refractivity contribution is 6.32. The summed E-state index contributed by atoms with van der Waals surface area (Å²) in [6.07, 6.45) is 35.3. The number of ether oxygens (including phenoxy) is 4. The van der Waals surface area contributed by atoms with Gasteiger partial charge in [0.1, 0.15) is 19.0 Å². The number of carbonyl (C=O) groups excluding carboxylic acids is 2. The molecule has 0 N–H and O–H groups in total. The van der Waals surface area contributed by atoms with Crippen molar-refractivity contribution in [3.63, 3.8) is 0 Å². The molecule has 0 radical (unpaired) electrons. The van der Waals surface area contributed by atoms with Gasteiger partial charge in [0.15, 0.2) is 5.75 Å². The monoisotopic (exact) mass is 1030 g/mol. The minimum atomic E-state index is -0.520. The molecule has 74 heavy (non-hydrogen) atoms. The van der Waals surface area contributed by atoms with Gasteiger partial charge in [-0.3, -0.25) is 15.1 Å². The fraction of sp³-hybridized carbons (Fsp3) is 0.444. The first-order valence-electron chi connectivity index (χ1n) is 27.4. The van der Waals surface area contributed by atoms with Crippen LogP contribution in [0.15, 0.2) is 103 Å². The second kappa shape index (κ2) is 35.0. The summed E-state index contributed by atoms with van der Waals surface area (Å²) in [6, 6.07) is 30.0. The van der Waals surface area contributed by atoms with Crippen LogP contribution >= 0.6 is 11.6 Å². The number of esters is 2. The van der Waals surface area contributed by atoms with Crippen LogP contribution < -0.4 is 9.47 Å². The molecule has 5 aromatic rings. The van der Waals surface area contributed by atoms with Crippen LogP contribution in [0.25, 0.3) is 24.3 Å². The molecular weight excluding hydrogens is 948 g/mol. The van der Waals surface area contributed by atoms with E-state index in [-0.39, 0.29) is 24.7 Å². The van der Waals surface area contributed by atoms with E-state index >= 15 is 0 Å². The molecule has 10 nitrogen and oxygen atoms in total. The van der Waals surface area contributed by atoms with Crippen LogP contribution in [-0.4, -0.2) is 35.1 Å². The van der Waals surface area contributed by atoms with Gasteiger partial charge in [-0.05, 0) is 89.7 Å². The van der Waals surface area contributed by atoms with E-state index in [0.29, 0.717) is 52.1 Å². The molecule has 0 aliphatic carbocycles. The minimum absolute atomic E-state index is 0.0538. The van der Waals surface area contributed by atoms with Gasteiger partial charge in [-0.25, -0.2) is 9.59 Å². The highest BCUT2D eigenvalue weighted by atomic mass is 35.5. The lowest BCUT2D eigenvalue weighted by atomic mass is 10.1. The Hall–Kier alpha value is -6.26. The predicted molar refractivity (Wildman–Crippen MR) is 302 cm³/mol. The Balaban J connectivity index is 0.972. The van der Waals surface area contributed by atoms with Gasteiger partial charge in [-0.2, -0.15) is 0 Å². The Kier molecular flexibility index (Phi) is 27.8. The SMILES string of the molecule is CCCCCCCCCCCCCCOc1ccc(/C=C/c2ccc(C(=O)OCc3cccc(COC(=O)c4ccc(/C=C/c5ccc(OCCCCCCCCCCCC)c([N+](=O)[O-])c5)cc4)n3)cc2)cc1Cl. The summed E-state index contributed by atoms with van der Waals surface area (Å²) in [4.78, 5) is 41.8. The maximum absolute atomic E-state index is 12.9. The van der Waals surface area contributed by atoms with Crippen LogP contribution in [0.5, 0.6) is 11.5 Å². The van der Waals surface area contributed by atoms with E-state index in [2.05, 4.69) is 18.8 Å². The molecule has 0 saturated heterocycles. The summed E-state index contributed by atoms with van der Waals surface area (Å²) in [6.45, 7) is 5.48. The number of nitro groups is 1. The Morgan fingerprint density at radius 1 is 0.486 bits per heavy atom. The maximum atomic E-state index is 12.9. The van der Waals surface area contributed by atoms with Crippen molar-refractivity contribution in [2.75, 3.05) is 13.2 Å². The zero-order valence-electron chi connectivity index (χ0n) is 44.0. The molecule has 0 unspecified atom stereocenters. The van der Waals surface area contributed by atoms with Crippen molar-refractivity contribution in [1.29, 1.82) is 0 Å². The summed E-state index contributed by atoms with van der Waals surface area (Å²) in [5.41, 5.74) is 5.02. The number of pyridine rings is 1. The number of hydrogen-bond acceptors (Lipinski definition) is 9. The fourth-order valence-corrected chi connectivity index (χ4v) is 8.76. The van der Waals surface area contributed by atoms with Crippen molar-refractivity contribution in [2.24, 2.45) is 0 Å². The molecule has 0 fully saturated rings. The lowest BCUT2D eigenvalue weighted by Crippen LogP contribution is -2.09. The lowest BCUT2D eigenvalue weighted by Gasteiger charge is -2.09. The molecule has 0 aliphatic rings. The third-order valence-electron chi connectivity index (χ3n) is 12.9. The topological polar surface area (TPSA) is 127 Å². The van der Waals surface area contributed by atoms with Crippen molar-refractivity contribution in [1.82, 2.24) is 4.98 Å². The molecule has 0 atom stereocenters.